The number of pyridine rings is 1. The second-order valence-electron chi connectivity index (χ2n) is 5.93. The predicted octanol–water partition coefficient (Wildman–Crippen LogP) is 2.31. The summed E-state index contributed by atoms with van der Waals surface area (Å²) in [7, 11) is 4.07. The molecular weight excluding hydrogens is 316 g/mol. The summed E-state index contributed by atoms with van der Waals surface area (Å²) < 4.78 is 1.63. The quantitative estimate of drug-likeness (QED) is 0.774. The van der Waals surface area contributed by atoms with Crippen molar-refractivity contribution in [3.63, 3.8) is 0 Å². The lowest BCUT2D eigenvalue weighted by Gasteiger charge is -2.14. The number of carbonyl (C=O) groups is 1. The zero-order valence-corrected chi connectivity index (χ0v) is 14.1. The first-order valence-corrected chi connectivity index (χ1v) is 7.83. The van der Waals surface area contributed by atoms with E-state index in [0.717, 1.165) is 17.7 Å². The molecule has 0 saturated carbocycles. The van der Waals surface area contributed by atoms with E-state index in [-0.39, 0.29) is 12.4 Å². The summed E-state index contributed by atoms with van der Waals surface area (Å²) in [6, 6.07) is 13.9. The van der Waals surface area contributed by atoms with Gasteiger partial charge in [-0.15, -0.1) is 5.10 Å². The largest absolute Gasteiger partial charge is 0.305 e. The minimum atomic E-state index is -0.421. The highest BCUT2D eigenvalue weighted by Gasteiger charge is 2.10. The third-order valence-electron chi connectivity index (χ3n) is 3.64. The van der Waals surface area contributed by atoms with E-state index in [0.29, 0.717) is 5.65 Å². The van der Waals surface area contributed by atoms with Crippen LogP contribution in [0.4, 0.5) is 5.95 Å². The second-order valence-corrected chi connectivity index (χ2v) is 5.93. The minimum absolute atomic E-state index is 0.193. The Morgan fingerprint density at radius 2 is 2.08 bits per heavy atom. The van der Waals surface area contributed by atoms with Crippen molar-refractivity contribution in [3.8, 4) is 17.2 Å². The van der Waals surface area contributed by atoms with Crippen LogP contribution in [-0.4, -0.2) is 39.5 Å². The van der Waals surface area contributed by atoms with Gasteiger partial charge in [0.15, 0.2) is 5.65 Å². The number of benzene rings is 1. The van der Waals surface area contributed by atoms with Gasteiger partial charge in [-0.1, -0.05) is 24.3 Å². The highest BCUT2D eigenvalue weighted by atomic mass is 16.1. The normalized spacial score (nSPS) is 10.8. The molecule has 2 aromatic heterocycles. The third-order valence-corrected chi connectivity index (χ3v) is 3.64. The number of rotatable bonds is 5. The molecule has 3 aromatic rings. The average Bonchev–Trinajstić information content (AvgIpc) is 2.96. The molecule has 1 N–H and O–H groups in total. The standard InChI is InChI=1S/C18H18N6O/c1-23(2)11-13-5-3-4-6-15(13)14-7-8-16-20-18(22-24(16)12-14)21-17(25)9-10-19/h3-8,12H,9,11H2,1-2H3,(H,21,22,25). The van der Waals surface area contributed by atoms with Gasteiger partial charge in [-0.25, -0.2) is 4.52 Å². The lowest BCUT2D eigenvalue weighted by atomic mass is 10.0. The molecule has 0 spiro atoms. The maximum absolute atomic E-state index is 11.5. The molecule has 7 heteroatoms. The molecule has 7 nitrogen and oxygen atoms in total. The maximum atomic E-state index is 11.5. The van der Waals surface area contributed by atoms with Crippen LogP contribution in [0.5, 0.6) is 0 Å². The van der Waals surface area contributed by atoms with E-state index in [2.05, 4.69) is 32.4 Å². The van der Waals surface area contributed by atoms with Crippen molar-refractivity contribution >= 4 is 17.5 Å². The third kappa shape index (κ3) is 3.82. The number of nitriles is 1. The number of anilines is 1. The summed E-state index contributed by atoms with van der Waals surface area (Å²) in [5.74, 6) is -0.228. The molecule has 0 unspecified atom stereocenters. The van der Waals surface area contributed by atoms with Crippen molar-refractivity contribution in [1.82, 2.24) is 19.5 Å². The molecule has 0 fully saturated rings. The molecule has 1 amide bonds. The minimum Gasteiger partial charge on any atom is -0.305 e. The van der Waals surface area contributed by atoms with Crippen LogP contribution in [0.1, 0.15) is 12.0 Å². The number of nitrogens with zero attached hydrogens (tertiary/aromatic N) is 5. The van der Waals surface area contributed by atoms with Gasteiger partial charge in [-0.3, -0.25) is 10.1 Å². The molecule has 126 valence electrons. The van der Waals surface area contributed by atoms with Crippen molar-refractivity contribution in [2.45, 2.75) is 13.0 Å². The Kier molecular flexibility index (Phi) is 4.73. The molecule has 1 aromatic carbocycles. The SMILES string of the molecule is CN(C)Cc1ccccc1-c1ccc2nc(NC(=O)CC#N)nn2c1. The number of aromatic nitrogens is 3. The van der Waals surface area contributed by atoms with Crippen LogP contribution in [0, 0.1) is 11.3 Å². The smallest absolute Gasteiger partial charge is 0.249 e. The lowest BCUT2D eigenvalue weighted by molar-refractivity contribution is -0.115. The van der Waals surface area contributed by atoms with Gasteiger partial charge in [0.2, 0.25) is 11.9 Å². The Hall–Kier alpha value is -3.24. The van der Waals surface area contributed by atoms with E-state index in [1.807, 2.05) is 44.6 Å². The lowest BCUT2D eigenvalue weighted by Crippen LogP contribution is -2.11. The van der Waals surface area contributed by atoms with Crippen LogP contribution in [0.15, 0.2) is 42.6 Å². The van der Waals surface area contributed by atoms with E-state index in [1.54, 1.807) is 10.6 Å². The first kappa shape index (κ1) is 16.6. The van der Waals surface area contributed by atoms with Crippen LogP contribution in [0.2, 0.25) is 0 Å². The Balaban J connectivity index is 1.94. The monoisotopic (exact) mass is 334 g/mol. The van der Waals surface area contributed by atoms with Crippen LogP contribution < -0.4 is 5.32 Å². The van der Waals surface area contributed by atoms with Crippen molar-refractivity contribution in [2.24, 2.45) is 0 Å². The molecule has 0 bridgehead atoms. The predicted molar refractivity (Wildman–Crippen MR) is 94.7 cm³/mol. The van der Waals surface area contributed by atoms with Gasteiger partial charge in [0.1, 0.15) is 6.42 Å². The first-order valence-electron chi connectivity index (χ1n) is 7.83. The fourth-order valence-electron chi connectivity index (χ4n) is 2.62. The zero-order valence-electron chi connectivity index (χ0n) is 14.1. The molecule has 0 aliphatic heterocycles. The summed E-state index contributed by atoms with van der Waals surface area (Å²) >= 11 is 0. The van der Waals surface area contributed by atoms with Gasteiger partial charge in [0, 0.05) is 18.3 Å². The molecule has 0 radical (unpaired) electrons. The Morgan fingerprint density at radius 1 is 1.28 bits per heavy atom. The van der Waals surface area contributed by atoms with Gasteiger partial charge in [0.25, 0.3) is 0 Å². The molecule has 0 aliphatic rings. The van der Waals surface area contributed by atoms with E-state index < -0.39 is 5.91 Å². The van der Waals surface area contributed by atoms with Gasteiger partial charge < -0.3 is 4.90 Å². The number of hydrogen-bond donors (Lipinski definition) is 1. The Labute approximate surface area is 145 Å². The van der Waals surface area contributed by atoms with E-state index in [1.165, 1.54) is 5.56 Å². The van der Waals surface area contributed by atoms with Crippen molar-refractivity contribution in [1.29, 1.82) is 5.26 Å². The van der Waals surface area contributed by atoms with Crippen LogP contribution in [-0.2, 0) is 11.3 Å². The number of nitrogens with one attached hydrogen (secondary N) is 1. The molecule has 0 saturated heterocycles. The summed E-state index contributed by atoms with van der Waals surface area (Å²) in [6.45, 7) is 0.834. The zero-order chi connectivity index (χ0) is 17.8. The van der Waals surface area contributed by atoms with Gasteiger partial charge in [0.05, 0.1) is 6.07 Å². The van der Waals surface area contributed by atoms with Crippen molar-refractivity contribution in [3.05, 3.63) is 48.2 Å². The first-order chi connectivity index (χ1) is 12.1. The maximum Gasteiger partial charge on any atom is 0.249 e. The van der Waals surface area contributed by atoms with Crippen LogP contribution in [0.3, 0.4) is 0 Å². The number of amides is 1. The fourth-order valence-corrected chi connectivity index (χ4v) is 2.62. The van der Waals surface area contributed by atoms with E-state index in [4.69, 9.17) is 5.26 Å². The van der Waals surface area contributed by atoms with Crippen LogP contribution >= 0.6 is 0 Å². The molecule has 25 heavy (non-hydrogen) atoms. The highest BCUT2D eigenvalue weighted by molar-refractivity contribution is 5.90. The van der Waals surface area contributed by atoms with Crippen molar-refractivity contribution in [2.75, 3.05) is 19.4 Å². The molecular formula is C18H18N6O. The van der Waals surface area contributed by atoms with Crippen molar-refractivity contribution < 1.29 is 4.79 Å². The molecule has 0 atom stereocenters. The fraction of sp³-hybridized carbons (Fsp3) is 0.222. The molecule has 2 heterocycles. The van der Waals surface area contributed by atoms with E-state index >= 15 is 0 Å². The Morgan fingerprint density at radius 3 is 2.84 bits per heavy atom. The molecule has 0 aliphatic carbocycles. The number of hydrogen-bond acceptors (Lipinski definition) is 5. The second kappa shape index (κ2) is 7.11. The van der Waals surface area contributed by atoms with E-state index in [9.17, 15) is 4.79 Å². The summed E-state index contributed by atoms with van der Waals surface area (Å²) in [5, 5.41) is 15.3. The Bertz CT molecular complexity index is 954. The van der Waals surface area contributed by atoms with Gasteiger partial charge in [-0.05, 0) is 37.4 Å². The average molecular weight is 334 g/mol. The highest BCUT2D eigenvalue weighted by Crippen LogP contribution is 2.25. The summed E-state index contributed by atoms with van der Waals surface area (Å²) in [4.78, 5) is 17.9. The van der Waals surface area contributed by atoms with Gasteiger partial charge in [-0.2, -0.15) is 10.2 Å². The summed E-state index contributed by atoms with van der Waals surface area (Å²) in [6.07, 6.45) is 1.66. The van der Waals surface area contributed by atoms with Crippen LogP contribution in [0.25, 0.3) is 16.8 Å². The number of carbonyl (C=O) groups excluding carboxylic acids is 1. The van der Waals surface area contributed by atoms with Gasteiger partial charge >= 0.3 is 0 Å². The number of fused-ring (bicyclic) bond motifs is 1. The summed E-state index contributed by atoms with van der Waals surface area (Å²) in [5.41, 5.74) is 3.99. The molecule has 3 rings (SSSR count). The topological polar surface area (TPSA) is 86.3 Å².